The number of piperazine rings is 1. The molecule has 0 atom stereocenters. The molecule has 1 aliphatic rings. The lowest BCUT2D eigenvalue weighted by atomic mass is 10.1. The van der Waals surface area contributed by atoms with E-state index >= 15 is 0 Å². The summed E-state index contributed by atoms with van der Waals surface area (Å²) in [6.07, 6.45) is 1.56. The third-order valence-electron chi connectivity index (χ3n) is 4.97. The molecule has 0 spiro atoms. The minimum atomic E-state index is -0.553. The molecule has 0 unspecified atom stereocenters. The van der Waals surface area contributed by atoms with Gasteiger partial charge in [0.15, 0.2) is 0 Å². The molecule has 2 heterocycles. The molecule has 9 heteroatoms. The molecule has 0 bridgehead atoms. The minimum absolute atomic E-state index is 0.0305. The molecule has 1 aliphatic heterocycles. The maximum Gasteiger partial charge on any atom is 0.292 e. The molecule has 1 aromatic heterocycles. The lowest BCUT2D eigenvalue weighted by molar-refractivity contribution is 0.0742. The van der Waals surface area contributed by atoms with Crippen molar-refractivity contribution in [2.24, 2.45) is 0 Å². The second-order valence-electron chi connectivity index (χ2n) is 6.80. The first-order chi connectivity index (χ1) is 14.5. The maximum absolute atomic E-state index is 14.1. The van der Waals surface area contributed by atoms with Crippen LogP contribution in [0.2, 0.25) is 5.02 Å². The van der Waals surface area contributed by atoms with Crippen molar-refractivity contribution in [3.05, 3.63) is 86.0 Å². The fourth-order valence-corrected chi connectivity index (χ4v) is 3.99. The van der Waals surface area contributed by atoms with E-state index in [0.717, 1.165) is 0 Å². The van der Waals surface area contributed by atoms with Gasteiger partial charge in [-0.25, -0.2) is 4.39 Å². The average Bonchev–Trinajstić information content (AvgIpc) is 2.77. The van der Waals surface area contributed by atoms with Crippen LogP contribution in [0, 0.1) is 5.82 Å². The first kappa shape index (κ1) is 20.6. The van der Waals surface area contributed by atoms with Crippen LogP contribution in [-0.2, 0) is 0 Å². The van der Waals surface area contributed by atoms with Crippen molar-refractivity contribution in [1.82, 2.24) is 14.7 Å². The van der Waals surface area contributed by atoms with Gasteiger partial charge in [0.05, 0.1) is 23.1 Å². The number of hydrogen-bond donors (Lipinski definition) is 0. The molecule has 6 nitrogen and oxygen atoms in total. The Bertz CT molecular complexity index is 1150. The van der Waals surface area contributed by atoms with Crippen LogP contribution in [0.15, 0.2) is 64.0 Å². The Labute approximate surface area is 185 Å². The number of amides is 1. The summed E-state index contributed by atoms with van der Waals surface area (Å²) in [6, 6.07) is 13.3. The number of hydrogen-bond acceptors (Lipinski definition) is 4. The Morgan fingerprint density at radius 3 is 2.47 bits per heavy atom. The van der Waals surface area contributed by atoms with Gasteiger partial charge >= 0.3 is 0 Å². The fraction of sp³-hybridized carbons (Fsp3) is 0.190. The molecule has 0 radical (unpaired) electrons. The number of halogens is 3. The van der Waals surface area contributed by atoms with Crippen LogP contribution in [0.25, 0.3) is 5.69 Å². The van der Waals surface area contributed by atoms with E-state index in [2.05, 4.69) is 21.0 Å². The summed E-state index contributed by atoms with van der Waals surface area (Å²) in [4.78, 5) is 28.9. The zero-order valence-electron chi connectivity index (χ0n) is 15.8. The number of anilines is 1. The standard InChI is InChI=1S/C21H17BrClFN4O2/c22-14-6-7-17(24)16(12-14)20(29)27-10-8-26(9-11-27)18-13-25-28(21(30)19(18)23)15-4-2-1-3-5-15/h1-7,12-13H,8-11H2. The van der Waals surface area contributed by atoms with Crippen molar-refractivity contribution >= 4 is 39.1 Å². The van der Waals surface area contributed by atoms with E-state index in [0.29, 0.717) is 42.0 Å². The summed E-state index contributed by atoms with van der Waals surface area (Å²) >= 11 is 9.63. The van der Waals surface area contributed by atoms with Gasteiger partial charge in [-0.3, -0.25) is 9.59 Å². The Balaban J connectivity index is 1.51. The molecule has 1 saturated heterocycles. The number of aromatic nitrogens is 2. The third kappa shape index (κ3) is 3.97. The van der Waals surface area contributed by atoms with Crippen molar-refractivity contribution < 1.29 is 9.18 Å². The van der Waals surface area contributed by atoms with Crippen LogP contribution in [0.4, 0.5) is 10.1 Å². The van der Waals surface area contributed by atoms with E-state index in [1.54, 1.807) is 29.3 Å². The SMILES string of the molecule is O=C(c1cc(Br)ccc1F)N1CCN(c2cnn(-c3ccccc3)c(=O)c2Cl)CC1. The molecule has 1 amide bonds. The Hall–Kier alpha value is -2.71. The lowest BCUT2D eigenvalue weighted by Gasteiger charge is -2.36. The van der Waals surface area contributed by atoms with Gasteiger partial charge in [0, 0.05) is 30.7 Å². The Morgan fingerprint density at radius 2 is 1.77 bits per heavy atom. The normalized spacial score (nSPS) is 14.1. The van der Waals surface area contributed by atoms with Crippen molar-refractivity contribution in [2.75, 3.05) is 31.1 Å². The van der Waals surface area contributed by atoms with Crippen LogP contribution >= 0.6 is 27.5 Å². The number of benzene rings is 2. The molecular weight excluding hydrogens is 475 g/mol. The predicted molar refractivity (Wildman–Crippen MR) is 117 cm³/mol. The van der Waals surface area contributed by atoms with Gasteiger partial charge in [0.25, 0.3) is 11.5 Å². The second kappa shape index (κ2) is 8.57. The van der Waals surface area contributed by atoms with E-state index in [4.69, 9.17) is 11.6 Å². The Morgan fingerprint density at radius 1 is 1.07 bits per heavy atom. The smallest absolute Gasteiger partial charge is 0.292 e. The largest absolute Gasteiger partial charge is 0.365 e. The molecule has 4 rings (SSSR count). The number of carbonyl (C=O) groups excluding carboxylic acids is 1. The lowest BCUT2D eigenvalue weighted by Crippen LogP contribution is -2.49. The minimum Gasteiger partial charge on any atom is -0.365 e. The predicted octanol–water partition coefficient (Wildman–Crippen LogP) is 3.75. The van der Waals surface area contributed by atoms with Gasteiger partial charge in [-0.15, -0.1) is 0 Å². The van der Waals surface area contributed by atoms with E-state index in [1.165, 1.54) is 16.8 Å². The van der Waals surface area contributed by atoms with Crippen LogP contribution in [-0.4, -0.2) is 46.8 Å². The molecular formula is C21H17BrClFN4O2. The van der Waals surface area contributed by atoms with Crippen LogP contribution in [0.5, 0.6) is 0 Å². The van der Waals surface area contributed by atoms with Crippen molar-refractivity contribution in [1.29, 1.82) is 0 Å². The van der Waals surface area contributed by atoms with Crippen LogP contribution in [0.1, 0.15) is 10.4 Å². The molecule has 0 N–H and O–H groups in total. The zero-order chi connectivity index (χ0) is 21.3. The van der Waals surface area contributed by atoms with Crippen LogP contribution < -0.4 is 10.5 Å². The van der Waals surface area contributed by atoms with Crippen molar-refractivity contribution in [3.63, 3.8) is 0 Å². The first-order valence-electron chi connectivity index (χ1n) is 9.28. The molecule has 2 aromatic carbocycles. The summed E-state index contributed by atoms with van der Waals surface area (Å²) < 4.78 is 15.9. The summed E-state index contributed by atoms with van der Waals surface area (Å²) in [7, 11) is 0. The van der Waals surface area contributed by atoms with Gasteiger partial charge in [0.1, 0.15) is 10.8 Å². The van der Waals surface area contributed by atoms with E-state index in [9.17, 15) is 14.0 Å². The summed E-state index contributed by atoms with van der Waals surface area (Å²) in [6.45, 7) is 1.67. The first-order valence-corrected chi connectivity index (χ1v) is 10.5. The van der Waals surface area contributed by atoms with Gasteiger partial charge in [-0.05, 0) is 30.3 Å². The fourth-order valence-electron chi connectivity index (χ4n) is 3.38. The van der Waals surface area contributed by atoms with Gasteiger partial charge in [-0.1, -0.05) is 45.7 Å². The molecule has 0 saturated carbocycles. The molecule has 1 fully saturated rings. The van der Waals surface area contributed by atoms with E-state index in [-0.39, 0.29) is 16.5 Å². The highest BCUT2D eigenvalue weighted by Gasteiger charge is 2.26. The number of nitrogens with zero attached hydrogens (tertiary/aromatic N) is 4. The molecule has 154 valence electrons. The molecule has 30 heavy (non-hydrogen) atoms. The Kier molecular flexibility index (Phi) is 5.87. The van der Waals surface area contributed by atoms with Crippen molar-refractivity contribution in [3.8, 4) is 5.69 Å². The van der Waals surface area contributed by atoms with Gasteiger partial charge in [0.2, 0.25) is 0 Å². The van der Waals surface area contributed by atoms with Crippen LogP contribution in [0.3, 0.4) is 0 Å². The number of carbonyl (C=O) groups is 1. The summed E-state index contributed by atoms with van der Waals surface area (Å²) in [5.41, 5.74) is 0.773. The quantitative estimate of drug-likeness (QED) is 0.560. The van der Waals surface area contributed by atoms with E-state index < -0.39 is 11.4 Å². The van der Waals surface area contributed by atoms with Crippen molar-refractivity contribution in [2.45, 2.75) is 0 Å². The highest BCUT2D eigenvalue weighted by Crippen LogP contribution is 2.24. The highest BCUT2D eigenvalue weighted by molar-refractivity contribution is 9.10. The summed E-state index contributed by atoms with van der Waals surface area (Å²) in [5.74, 6) is -0.917. The number of para-hydroxylation sites is 1. The summed E-state index contributed by atoms with van der Waals surface area (Å²) in [5, 5.41) is 4.33. The molecule has 3 aromatic rings. The zero-order valence-corrected chi connectivity index (χ0v) is 18.1. The highest BCUT2D eigenvalue weighted by atomic mass is 79.9. The van der Waals surface area contributed by atoms with E-state index in [1.807, 2.05) is 23.1 Å². The third-order valence-corrected chi connectivity index (χ3v) is 5.82. The maximum atomic E-state index is 14.1. The number of rotatable bonds is 3. The monoisotopic (exact) mass is 490 g/mol. The second-order valence-corrected chi connectivity index (χ2v) is 8.09. The molecule has 0 aliphatic carbocycles. The van der Waals surface area contributed by atoms with Gasteiger partial charge in [-0.2, -0.15) is 9.78 Å². The topological polar surface area (TPSA) is 58.4 Å². The van der Waals surface area contributed by atoms with Gasteiger partial charge < -0.3 is 9.80 Å². The average molecular weight is 492 g/mol.